The van der Waals surface area contributed by atoms with Crippen LogP contribution in [0.15, 0.2) is 54.6 Å². The monoisotopic (exact) mass is 544 g/mol. The molecule has 3 rings (SSSR count). The summed E-state index contributed by atoms with van der Waals surface area (Å²) in [5.41, 5.74) is -0.139. The Labute approximate surface area is 193 Å². The molecule has 0 aliphatic carbocycles. The molecule has 1 saturated heterocycles. The van der Waals surface area contributed by atoms with E-state index in [0.29, 0.717) is 9.03 Å². The van der Waals surface area contributed by atoms with E-state index in [2.05, 4.69) is 0 Å². The van der Waals surface area contributed by atoms with Gasteiger partial charge in [-0.3, -0.25) is 0 Å². The van der Waals surface area contributed by atoms with Crippen LogP contribution in [0.25, 0.3) is 5.76 Å². The number of alkyl halides is 3. The van der Waals surface area contributed by atoms with E-state index in [-0.39, 0.29) is 17.2 Å². The smallest absolute Gasteiger partial charge is 0.422 e. The minimum absolute atomic E-state index is 0.0233. The zero-order valence-corrected chi connectivity index (χ0v) is 19.6. The van der Waals surface area contributed by atoms with E-state index in [1.807, 2.05) is 50.3 Å². The fourth-order valence-electron chi connectivity index (χ4n) is 2.89. The Balaban J connectivity index is 1.87. The van der Waals surface area contributed by atoms with Crippen molar-refractivity contribution < 1.29 is 32.0 Å². The van der Waals surface area contributed by atoms with E-state index in [1.165, 1.54) is 18.2 Å². The van der Waals surface area contributed by atoms with Crippen molar-refractivity contribution >= 4 is 46.9 Å². The maximum atomic E-state index is 13.1. The Hall–Kier alpha value is -1.85. The first-order valence-corrected chi connectivity index (χ1v) is 10.6. The van der Waals surface area contributed by atoms with Crippen molar-refractivity contribution in [3.63, 3.8) is 0 Å². The van der Waals surface area contributed by atoms with Gasteiger partial charge in [0.2, 0.25) is 0 Å². The van der Waals surface area contributed by atoms with Crippen molar-refractivity contribution in [3.05, 3.63) is 69.3 Å². The topological polar surface area (TPSA) is 44.8 Å². The summed E-state index contributed by atoms with van der Waals surface area (Å²) in [6, 6.07) is 12.6. The van der Waals surface area contributed by atoms with Gasteiger partial charge in [0.25, 0.3) is 0 Å². The van der Waals surface area contributed by atoms with Crippen LogP contribution < -0.4 is 5.46 Å². The largest absolute Gasteiger partial charge is 0.494 e. The normalized spacial score (nSPS) is 18.2. The van der Waals surface area contributed by atoms with Crippen LogP contribution >= 0.6 is 22.6 Å². The van der Waals surface area contributed by atoms with Crippen LogP contribution in [0, 0.1) is 3.57 Å². The molecule has 31 heavy (non-hydrogen) atoms. The molecule has 0 bridgehead atoms. The van der Waals surface area contributed by atoms with Gasteiger partial charge in [-0.25, -0.2) is 4.79 Å². The third kappa shape index (κ3) is 5.50. The molecule has 1 heterocycles. The molecule has 0 atom stereocenters. The fourth-order valence-corrected chi connectivity index (χ4v) is 3.49. The third-order valence-electron chi connectivity index (χ3n) is 5.31. The Kier molecular flexibility index (Phi) is 6.60. The number of esters is 1. The highest BCUT2D eigenvalue weighted by Gasteiger charge is 2.51. The standard InChI is InChI=1S/C22H21BF3IO4/c1-20(2)21(3,4)31-23(30-20)15-11-9-14(10-12-15)18(13-22(24,25)26)29-19(28)16-7-5-6-8-17(16)27/h5-13H,1-4H3/b18-13+. The number of hydrogen-bond acceptors (Lipinski definition) is 4. The summed E-state index contributed by atoms with van der Waals surface area (Å²) in [5.74, 6) is -1.45. The molecule has 0 N–H and O–H groups in total. The second kappa shape index (κ2) is 8.59. The quantitative estimate of drug-likeness (QED) is 0.226. The van der Waals surface area contributed by atoms with Crippen LogP contribution in [-0.2, 0) is 14.0 Å². The van der Waals surface area contributed by atoms with E-state index in [4.69, 9.17) is 14.0 Å². The molecule has 1 fully saturated rings. The maximum absolute atomic E-state index is 13.1. The number of hydrogen-bond donors (Lipinski definition) is 0. The summed E-state index contributed by atoms with van der Waals surface area (Å²) in [7, 11) is -0.650. The summed E-state index contributed by atoms with van der Waals surface area (Å²) in [5, 5.41) is 0. The Morgan fingerprint density at radius 1 is 1.00 bits per heavy atom. The minimum Gasteiger partial charge on any atom is -0.422 e. The van der Waals surface area contributed by atoms with Crippen LogP contribution in [0.1, 0.15) is 43.6 Å². The summed E-state index contributed by atoms with van der Waals surface area (Å²) < 4.78 is 57.0. The lowest BCUT2D eigenvalue weighted by molar-refractivity contribution is -0.0802. The first-order chi connectivity index (χ1) is 14.3. The van der Waals surface area contributed by atoms with Crippen molar-refractivity contribution in [3.8, 4) is 0 Å². The molecule has 2 aromatic rings. The average Bonchev–Trinajstić information content (AvgIpc) is 2.88. The van der Waals surface area contributed by atoms with Gasteiger partial charge in [-0.1, -0.05) is 36.4 Å². The van der Waals surface area contributed by atoms with Crippen LogP contribution in [0.3, 0.4) is 0 Å². The van der Waals surface area contributed by atoms with Crippen LogP contribution in [0.2, 0.25) is 0 Å². The number of benzene rings is 2. The zero-order chi connectivity index (χ0) is 23.0. The van der Waals surface area contributed by atoms with E-state index in [1.54, 1.807) is 30.3 Å². The third-order valence-corrected chi connectivity index (χ3v) is 6.25. The van der Waals surface area contributed by atoms with Crippen LogP contribution in [-0.4, -0.2) is 30.5 Å². The highest BCUT2D eigenvalue weighted by Crippen LogP contribution is 2.36. The molecule has 0 amide bonds. The van der Waals surface area contributed by atoms with E-state index in [9.17, 15) is 18.0 Å². The maximum Gasteiger partial charge on any atom is 0.494 e. The molecule has 0 spiro atoms. The number of halogens is 4. The predicted octanol–water partition coefficient (Wildman–Crippen LogP) is 5.35. The van der Waals surface area contributed by atoms with E-state index >= 15 is 0 Å². The molecule has 1 aliphatic rings. The zero-order valence-electron chi connectivity index (χ0n) is 17.4. The first-order valence-electron chi connectivity index (χ1n) is 9.51. The molecular weight excluding hydrogens is 523 g/mol. The van der Waals surface area contributed by atoms with Gasteiger partial charge in [0.05, 0.1) is 22.8 Å². The lowest BCUT2D eigenvalue weighted by atomic mass is 9.79. The molecule has 0 aromatic heterocycles. The second-order valence-electron chi connectivity index (χ2n) is 8.13. The van der Waals surface area contributed by atoms with Crippen LogP contribution in [0.4, 0.5) is 13.2 Å². The van der Waals surface area contributed by atoms with Gasteiger partial charge in [-0.15, -0.1) is 0 Å². The number of carbonyl (C=O) groups excluding carboxylic acids is 1. The number of carbonyl (C=O) groups is 1. The highest BCUT2D eigenvalue weighted by molar-refractivity contribution is 14.1. The van der Waals surface area contributed by atoms with Gasteiger partial charge in [0.15, 0.2) is 0 Å². The molecule has 4 nitrogen and oxygen atoms in total. The second-order valence-corrected chi connectivity index (χ2v) is 9.29. The molecule has 164 valence electrons. The summed E-state index contributed by atoms with van der Waals surface area (Å²) >= 11 is 1.93. The van der Waals surface area contributed by atoms with Crippen molar-refractivity contribution in [2.45, 2.75) is 45.1 Å². The molecule has 1 aliphatic heterocycles. The lowest BCUT2D eigenvalue weighted by Crippen LogP contribution is -2.41. The fraction of sp³-hybridized carbons (Fsp3) is 0.318. The van der Waals surface area contributed by atoms with Gasteiger partial charge >= 0.3 is 19.3 Å². The number of rotatable bonds is 4. The van der Waals surface area contributed by atoms with Crippen molar-refractivity contribution in [2.24, 2.45) is 0 Å². The van der Waals surface area contributed by atoms with Gasteiger partial charge < -0.3 is 14.0 Å². The number of ether oxygens (including phenoxy) is 1. The first kappa shape index (κ1) is 23.8. The molecular formula is C22H21BF3IO4. The average molecular weight is 544 g/mol. The van der Waals surface area contributed by atoms with E-state index < -0.39 is 36.2 Å². The predicted molar refractivity (Wildman–Crippen MR) is 121 cm³/mol. The van der Waals surface area contributed by atoms with Gasteiger partial charge in [-0.2, -0.15) is 13.2 Å². The van der Waals surface area contributed by atoms with Crippen molar-refractivity contribution in [2.75, 3.05) is 0 Å². The Morgan fingerprint density at radius 3 is 2.06 bits per heavy atom. The SMILES string of the molecule is CC1(C)OB(c2ccc(/C(=C\C(F)(F)F)OC(=O)c3ccccc3I)cc2)OC1(C)C. The van der Waals surface area contributed by atoms with Gasteiger partial charge in [-0.05, 0) is 67.9 Å². The van der Waals surface area contributed by atoms with Crippen molar-refractivity contribution in [1.29, 1.82) is 0 Å². The molecule has 0 saturated carbocycles. The molecule has 9 heteroatoms. The summed E-state index contributed by atoms with van der Waals surface area (Å²) in [4.78, 5) is 12.5. The Morgan fingerprint density at radius 2 is 1.55 bits per heavy atom. The van der Waals surface area contributed by atoms with Crippen molar-refractivity contribution in [1.82, 2.24) is 0 Å². The minimum atomic E-state index is -4.66. The summed E-state index contributed by atoms with van der Waals surface area (Å²) in [6.07, 6.45) is -4.69. The van der Waals surface area contributed by atoms with E-state index in [0.717, 1.165) is 0 Å². The van der Waals surface area contributed by atoms with Gasteiger partial charge in [0.1, 0.15) is 5.76 Å². The molecule has 0 radical (unpaired) electrons. The summed E-state index contributed by atoms with van der Waals surface area (Å²) in [6.45, 7) is 7.65. The lowest BCUT2D eigenvalue weighted by Gasteiger charge is -2.32. The number of allylic oxidation sites excluding steroid dienone is 1. The van der Waals surface area contributed by atoms with Crippen LogP contribution in [0.5, 0.6) is 0 Å². The molecule has 2 aromatic carbocycles. The van der Waals surface area contributed by atoms with Gasteiger partial charge in [0, 0.05) is 9.13 Å². The highest BCUT2D eigenvalue weighted by atomic mass is 127. The molecule has 0 unspecified atom stereocenters. The Bertz CT molecular complexity index is 985.